The van der Waals surface area contributed by atoms with E-state index >= 15 is 0 Å². The molecule has 266 valence electrons. The van der Waals surface area contributed by atoms with Crippen molar-refractivity contribution in [2.24, 2.45) is 0 Å². The fraction of sp³-hybridized carbons (Fsp3) is 1.00. The summed E-state index contributed by atoms with van der Waals surface area (Å²) in [5.41, 5.74) is 0. The molecule has 0 aromatic heterocycles. The number of methoxy groups -OCH3 is 1. The van der Waals surface area contributed by atoms with Crippen molar-refractivity contribution in [1.29, 1.82) is 0 Å². The maximum atomic E-state index is 10.7. The van der Waals surface area contributed by atoms with Crippen LogP contribution >= 0.6 is 0 Å². The molecule has 0 radical (unpaired) electrons. The molecule has 3 aliphatic heterocycles. The van der Waals surface area contributed by atoms with Crippen molar-refractivity contribution in [3.63, 3.8) is 0 Å². The van der Waals surface area contributed by atoms with Gasteiger partial charge in [-0.05, 0) is 0 Å². The SMILES string of the molecule is CO[C@H]1O[C@H](CO)[C@@H](O)[C@H](OCOCCO[C@H]2O[C@H](CO)[C@@H](O)[C@H](O)[C@@H]2O)[C@@H]1OCOCCO[C@H]1O[C@H](CO)[C@@H](O)[C@H](O)[C@@H]1O. The molecule has 3 aliphatic rings. The zero-order valence-corrected chi connectivity index (χ0v) is 24.6. The van der Waals surface area contributed by atoms with Gasteiger partial charge in [0.05, 0.1) is 46.2 Å². The van der Waals surface area contributed by atoms with E-state index in [2.05, 4.69) is 0 Å². The van der Waals surface area contributed by atoms with Gasteiger partial charge in [-0.3, -0.25) is 0 Å². The molecule has 3 rings (SSSR count). The lowest BCUT2D eigenvalue weighted by Crippen LogP contribution is -2.61. The van der Waals surface area contributed by atoms with Crippen molar-refractivity contribution >= 4 is 0 Å². The molecule has 0 aromatic rings. The lowest BCUT2D eigenvalue weighted by atomic mass is 9.99. The zero-order chi connectivity index (χ0) is 33.1. The van der Waals surface area contributed by atoms with Crippen LogP contribution in [0, 0.1) is 0 Å². The zero-order valence-electron chi connectivity index (χ0n) is 24.6. The molecular formula is C25H46O20. The van der Waals surface area contributed by atoms with Crippen LogP contribution in [-0.4, -0.2) is 210 Å². The van der Waals surface area contributed by atoms with Crippen LogP contribution in [0.4, 0.5) is 0 Å². The normalized spacial score (nSPS) is 42.6. The number of rotatable bonds is 18. The number of aliphatic hydroxyl groups is 10. The molecule has 0 aliphatic carbocycles. The van der Waals surface area contributed by atoms with Crippen molar-refractivity contribution in [2.45, 2.75) is 92.1 Å². The highest BCUT2D eigenvalue weighted by Gasteiger charge is 2.48. The summed E-state index contributed by atoms with van der Waals surface area (Å²) in [7, 11) is 1.31. The molecule has 20 heteroatoms. The Hall–Kier alpha value is -0.800. The molecular weight excluding hydrogens is 620 g/mol. The molecule has 20 nitrogen and oxygen atoms in total. The summed E-state index contributed by atoms with van der Waals surface area (Å²) in [6, 6.07) is 0. The van der Waals surface area contributed by atoms with E-state index in [0.717, 1.165) is 0 Å². The van der Waals surface area contributed by atoms with Crippen LogP contribution in [0.15, 0.2) is 0 Å². The van der Waals surface area contributed by atoms with Crippen LogP contribution in [0.3, 0.4) is 0 Å². The van der Waals surface area contributed by atoms with Crippen LogP contribution < -0.4 is 0 Å². The Kier molecular flexibility index (Phi) is 16.5. The van der Waals surface area contributed by atoms with Gasteiger partial charge >= 0.3 is 0 Å². The van der Waals surface area contributed by atoms with Crippen LogP contribution in [0.25, 0.3) is 0 Å². The smallest absolute Gasteiger partial charge is 0.186 e. The van der Waals surface area contributed by atoms with Gasteiger partial charge in [0, 0.05) is 7.11 Å². The first-order valence-electron chi connectivity index (χ1n) is 14.3. The highest BCUT2D eigenvalue weighted by Crippen LogP contribution is 2.27. The van der Waals surface area contributed by atoms with Crippen molar-refractivity contribution in [2.75, 3.05) is 66.9 Å². The lowest BCUT2D eigenvalue weighted by molar-refractivity contribution is -0.330. The van der Waals surface area contributed by atoms with Gasteiger partial charge in [0.2, 0.25) is 0 Å². The number of aliphatic hydroxyl groups excluding tert-OH is 10. The molecule has 0 unspecified atom stereocenters. The standard InChI is InChI=1S/C25H46O20/c1-36-25-22(42-10-38-3-5-40-24-20(35)18(33)15(30)12(7-27)44-24)21(16(31)13(8-28)45-25)41-9-37-2-4-39-23-19(34)17(32)14(29)11(6-26)43-23/h11-35H,2-10H2,1H3/t11-,12-,13-,14-,15-,16-,17+,18+,19+,20+,21+,22+,23+,24+,25+/m1/s1. The minimum atomic E-state index is -1.59. The van der Waals surface area contributed by atoms with Crippen molar-refractivity contribution in [3.05, 3.63) is 0 Å². The highest BCUT2D eigenvalue weighted by molar-refractivity contribution is 4.92. The van der Waals surface area contributed by atoms with Gasteiger partial charge in [0.25, 0.3) is 0 Å². The predicted molar refractivity (Wildman–Crippen MR) is 140 cm³/mol. The van der Waals surface area contributed by atoms with Gasteiger partial charge in [-0.2, -0.15) is 0 Å². The van der Waals surface area contributed by atoms with E-state index in [4.69, 9.17) is 47.4 Å². The molecule has 0 saturated carbocycles. The van der Waals surface area contributed by atoms with E-state index in [1.807, 2.05) is 0 Å². The van der Waals surface area contributed by atoms with Crippen molar-refractivity contribution < 1.29 is 98.4 Å². The third kappa shape index (κ3) is 10.1. The van der Waals surface area contributed by atoms with Crippen LogP contribution in [0.5, 0.6) is 0 Å². The van der Waals surface area contributed by atoms with E-state index in [-0.39, 0.29) is 33.2 Å². The minimum Gasteiger partial charge on any atom is -0.394 e. The van der Waals surface area contributed by atoms with Gasteiger partial charge in [-0.1, -0.05) is 0 Å². The number of hydrogen-bond donors (Lipinski definition) is 10. The second-order valence-electron chi connectivity index (χ2n) is 10.4. The summed E-state index contributed by atoms with van der Waals surface area (Å²) in [6.45, 7) is -3.04. The van der Waals surface area contributed by atoms with E-state index in [1.165, 1.54) is 7.11 Å². The molecule has 3 heterocycles. The van der Waals surface area contributed by atoms with Gasteiger partial charge in [-0.25, -0.2) is 0 Å². The van der Waals surface area contributed by atoms with E-state index in [0.29, 0.717) is 0 Å². The summed E-state index contributed by atoms with van der Waals surface area (Å²) in [5, 5.41) is 98.2. The Labute approximate surface area is 258 Å². The summed E-state index contributed by atoms with van der Waals surface area (Å²) >= 11 is 0. The average Bonchev–Trinajstić information content (AvgIpc) is 3.04. The fourth-order valence-electron chi connectivity index (χ4n) is 4.83. The Morgan fingerprint density at radius 2 is 0.844 bits per heavy atom. The molecule has 0 spiro atoms. The third-order valence-corrected chi connectivity index (χ3v) is 7.43. The molecule has 0 bridgehead atoms. The van der Waals surface area contributed by atoms with Crippen molar-refractivity contribution in [1.82, 2.24) is 0 Å². The first kappa shape index (κ1) is 38.6. The molecule has 45 heavy (non-hydrogen) atoms. The van der Waals surface area contributed by atoms with Crippen LogP contribution in [-0.2, 0) is 47.4 Å². The van der Waals surface area contributed by atoms with Gasteiger partial charge in [-0.15, -0.1) is 0 Å². The molecule has 0 amide bonds. The molecule has 15 atom stereocenters. The second kappa shape index (κ2) is 19.3. The number of ether oxygens (including phenoxy) is 10. The molecule has 0 aromatic carbocycles. The van der Waals surface area contributed by atoms with E-state index in [9.17, 15) is 51.1 Å². The summed E-state index contributed by atoms with van der Waals surface area (Å²) in [6.07, 6.45) is -20.1. The Balaban J connectivity index is 1.42. The quantitative estimate of drug-likeness (QED) is 0.0480. The van der Waals surface area contributed by atoms with Gasteiger partial charge < -0.3 is 98.4 Å². The summed E-state index contributed by atoms with van der Waals surface area (Å²) < 4.78 is 54.1. The van der Waals surface area contributed by atoms with Gasteiger partial charge in [0.15, 0.2) is 18.9 Å². The van der Waals surface area contributed by atoms with E-state index < -0.39 is 119 Å². The largest absolute Gasteiger partial charge is 0.394 e. The van der Waals surface area contributed by atoms with Crippen LogP contribution in [0.2, 0.25) is 0 Å². The minimum absolute atomic E-state index is 0.0921. The predicted octanol–water partition coefficient (Wildman–Crippen LogP) is -6.94. The molecule has 3 fully saturated rings. The first-order valence-corrected chi connectivity index (χ1v) is 14.3. The maximum absolute atomic E-state index is 10.7. The summed E-state index contributed by atoms with van der Waals surface area (Å²) in [5.74, 6) is 0. The highest BCUT2D eigenvalue weighted by atomic mass is 16.8. The Morgan fingerprint density at radius 1 is 0.444 bits per heavy atom. The average molecular weight is 667 g/mol. The lowest BCUT2D eigenvalue weighted by Gasteiger charge is -2.43. The molecule has 10 N–H and O–H groups in total. The maximum Gasteiger partial charge on any atom is 0.186 e. The van der Waals surface area contributed by atoms with E-state index in [1.54, 1.807) is 0 Å². The topological polar surface area (TPSA) is 295 Å². The summed E-state index contributed by atoms with van der Waals surface area (Å²) in [4.78, 5) is 0. The Bertz CT molecular complexity index is 809. The fourth-order valence-corrected chi connectivity index (χ4v) is 4.83. The van der Waals surface area contributed by atoms with Crippen LogP contribution in [0.1, 0.15) is 0 Å². The third-order valence-electron chi connectivity index (χ3n) is 7.43. The van der Waals surface area contributed by atoms with Crippen molar-refractivity contribution in [3.8, 4) is 0 Å². The van der Waals surface area contributed by atoms with Gasteiger partial charge in [0.1, 0.15) is 86.8 Å². The Morgan fingerprint density at radius 3 is 1.27 bits per heavy atom. The second-order valence-corrected chi connectivity index (χ2v) is 10.4. The molecule has 3 saturated heterocycles. The monoisotopic (exact) mass is 666 g/mol. The number of hydrogen-bond acceptors (Lipinski definition) is 20. The first-order chi connectivity index (χ1) is 21.6.